The van der Waals surface area contributed by atoms with Crippen LogP contribution in [0.5, 0.6) is 0 Å². The van der Waals surface area contributed by atoms with Crippen molar-refractivity contribution in [1.82, 2.24) is 15.3 Å². The van der Waals surface area contributed by atoms with E-state index in [1.54, 1.807) is 0 Å². The number of nitrogens with one attached hydrogen (secondary N) is 1. The number of carbonyl (C=O) groups is 1. The van der Waals surface area contributed by atoms with Gasteiger partial charge in [0.1, 0.15) is 28.0 Å². The molecule has 3 rings (SSSR count). The van der Waals surface area contributed by atoms with Crippen molar-refractivity contribution >= 4 is 39.7 Å². The Labute approximate surface area is 150 Å². The quantitative estimate of drug-likeness (QED) is 0.415. The minimum Gasteiger partial charge on any atom is -0.451 e. The van der Waals surface area contributed by atoms with Crippen LogP contribution in [0, 0.1) is 12.3 Å². The molecule has 0 radical (unpaired) electrons. The first-order chi connectivity index (χ1) is 12.1. The Morgan fingerprint density at radius 1 is 1.32 bits per heavy atom. The second-order valence-electron chi connectivity index (χ2n) is 5.73. The first-order valence-electron chi connectivity index (χ1n) is 8.16. The van der Waals surface area contributed by atoms with E-state index in [2.05, 4.69) is 21.2 Å². The number of fused-ring (bicyclic) bond motifs is 3. The van der Waals surface area contributed by atoms with Gasteiger partial charge in [0.15, 0.2) is 5.58 Å². The van der Waals surface area contributed by atoms with Gasteiger partial charge in [-0.3, -0.25) is 4.79 Å². The van der Waals surface area contributed by atoms with Crippen molar-refractivity contribution in [3.05, 3.63) is 30.6 Å². The normalized spacial score (nSPS) is 11.6. The van der Waals surface area contributed by atoms with E-state index in [9.17, 15) is 4.79 Å². The fourth-order valence-electron chi connectivity index (χ4n) is 2.71. The first kappa shape index (κ1) is 17.3. The van der Waals surface area contributed by atoms with Gasteiger partial charge in [-0.15, -0.1) is 6.42 Å². The zero-order valence-electron chi connectivity index (χ0n) is 14.2. The molecule has 25 heavy (non-hydrogen) atoms. The van der Waals surface area contributed by atoms with E-state index in [0.717, 1.165) is 16.5 Å². The lowest BCUT2D eigenvalue weighted by atomic mass is 9.94. The van der Waals surface area contributed by atoms with Crippen molar-refractivity contribution in [2.45, 2.75) is 37.3 Å². The standard InChI is InChI=1S/C19H19N3O2S/c1-4-19(5-2,6-3)22-15(23)11-25-18-17-16(20-12-21-18)13-9-7-8-10-14(13)24-17/h1,7-10,12H,5-6,11H2,2-3H3,(H,22,23). The summed E-state index contributed by atoms with van der Waals surface area (Å²) >= 11 is 1.32. The van der Waals surface area contributed by atoms with E-state index in [1.165, 1.54) is 18.1 Å². The highest BCUT2D eigenvalue weighted by Crippen LogP contribution is 2.32. The average molecular weight is 353 g/mol. The number of thioether (sulfide) groups is 1. The summed E-state index contributed by atoms with van der Waals surface area (Å²) in [5.74, 6) is 2.80. The fraction of sp³-hybridized carbons (Fsp3) is 0.316. The molecule has 1 aromatic carbocycles. The molecule has 128 valence electrons. The molecule has 0 unspecified atom stereocenters. The van der Waals surface area contributed by atoms with Crippen LogP contribution in [0.2, 0.25) is 0 Å². The molecule has 2 heterocycles. The van der Waals surface area contributed by atoms with E-state index in [1.807, 2.05) is 38.1 Å². The monoisotopic (exact) mass is 353 g/mol. The van der Waals surface area contributed by atoms with Gasteiger partial charge in [-0.05, 0) is 25.0 Å². The number of terminal acetylenes is 1. The molecular formula is C19H19N3O2S. The number of hydrogen-bond donors (Lipinski definition) is 1. The Kier molecular flexibility index (Phi) is 4.95. The highest BCUT2D eigenvalue weighted by molar-refractivity contribution is 8.00. The molecule has 3 aromatic rings. The van der Waals surface area contributed by atoms with Crippen molar-refractivity contribution in [2.75, 3.05) is 5.75 Å². The molecule has 0 fully saturated rings. The van der Waals surface area contributed by atoms with Gasteiger partial charge in [0, 0.05) is 5.39 Å². The summed E-state index contributed by atoms with van der Waals surface area (Å²) < 4.78 is 5.87. The van der Waals surface area contributed by atoms with Crippen molar-refractivity contribution < 1.29 is 9.21 Å². The highest BCUT2D eigenvalue weighted by Gasteiger charge is 2.25. The molecule has 0 atom stereocenters. The molecule has 1 N–H and O–H groups in total. The Morgan fingerprint density at radius 2 is 2.08 bits per heavy atom. The molecule has 6 heteroatoms. The maximum absolute atomic E-state index is 12.3. The zero-order valence-corrected chi connectivity index (χ0v) is 15.0. The van der Waals surface area contributed by atoms with Gasteiger partial charge in [-0.1, -0.05) is 43.7 Å². The van der Waals surface area contributed by atoms with Crippen LogP contribution >= 0.6 is 11.8 Å². The number of hydrogen-bond acceptors (Lipinski definition) is 5. The van der Waals surface area contributed by atoms with E-state index in [0.29, 0.717) is 23.5 Å². The van der Waals surface area contributed by atoms with Crippen LogP contribution < -0.4 is 5.32 Å². The topological polar surface area (TPSA) is 68.0 Å². The van der Waals surface area contributed by atoms with Gasteiger partial charge in [-0.25, -0.2) is 9.97 Å². The number of aromatic nitrogens is 2. The number of amides is 1. The fourth-order valence-corrected chi connectivity index (χ4v) is 3.44. The molecule has 5 nitrogen and oxygen atoms in total. The second-order valence-corrected chi connectivity index (χ2v) is 6.69. The van der Waals surface area contributed by atoms with E-state index in [4.69, 9.17) is 10.8 Å². The Hall–Kier alpha value is -2.52. The Morgan fingerprint density at radius 3 is 2.80 bits per heavy atom. The summed E-state index contributed by atoms with van der Waals surface area (Å²) in [6.45, 7) is 3.94. The molecule has 0 aliphatic rings. The third kappa shape index (κ3) is 3.33. The molecular weight excluding hydrogens is 334 g/mol. The summed E-state index contributed by atoms with van der Waals surface area (Å²) in [7, 11) is 0. The van der Waals surface area contributed by atoms with Crippen molar-refractivity contribution in [1.29, 1.82) is 0 Å². The number of carbonyl (C=O) groups excluding carboxylic acids is 1. The average Bonchev–Trinajstić information content (AvgIpc) is 3.04. The number of nitrogens with zero attached hydrogens (tertiary/aromatic N) is 2. The Bertz CT molecular complexity index is 954. The molecule has 0 aliphatic carbocycles. The lowest BCUT2D eigenvalue weighted by Crippen LogP contribution is -2.47. The number of para-hydroxylation sites is 1. The molecule has 0 bridgehead atoms. The smallest absolute Gasteiger partial charge is 0.231 e. The Balaban J connectivity index is 1.80. The largest absolute Gasteiger partial charge is 0.451 e. The van der Waals surface area contributed by atoms with E-state index in [-0.39, 0.29) is 11.7 Å². The summed E-state index contributed by atoms with van der Waals surface area (Å²) in [6, 6.07) is 7.70. The molecule has 0 spiro atoms. The zero-order chi connectivity index (χ0) is 17.9. The molecule has 2 aromatic heterocycles. The van der Waals surface area contributed by atoms with Crippen LogP contribution in [0.4, 0.5) is 0 Å². The third-order valence-electron chi connectivity index (χ3n) is 4.33. The van der Waals surface area contributed by atoms with Crippen LogP contribution in [0.3, 0.4) is 0 Å². The van der Waals surface area contributed by atoms with E-state index < -0.39 is 5.54 Å². The van der Waals surface area contributed by atoms with Crippen LogP contribution in [0.25, 0.3) is 22.1 Å². The predicted molar refractivity (Wildman–Crippen MR) is 100 cm³/mol. The van der Waals surface area contributed by atoms with Crippen LogP contribution in [-0.2, 0) is 4.79 Å². The maximum atomic E-state index is 12.3. The van der Waals surface area contributed by atoms with Crippen LogP contribution in [0.15, 0.2) is 40.0 Å². The number of benzene rings is 1. The lowest BCUT2D eigenvalue weighted by molar-refractivity contribution is -0.119. The minimum absolute atomic E-state index is 0.116. The van der Waals surface area contributed by atoms with Crippen molar-refractivity contribution in [3.8, 4) is 12.3 Å². The lowest BCUT2D eigenvalue weighted by Gasteiger charge is -2.26. The second kappa shape index (κ2) is 7.16. The van der Waals surface area contributed by atoms with Gasteiger partial charge in [0.25, 0.3) is 0 Å². The predicted octanol–water partition coefficient (Wildman–Crippen LogP) is 3.78. The summed E-state index contributed by atoms with van der Waals surface area (Å²) in [6.07, 6.45) is 8.47. The van der Waals surface area contributed by atoms with Crippen LogP contribution in [0.1, 0.15) is 26.7 Å². The first-order valence-corrected chi connectivity index (χ1v) is 9.15. The summed E-state index contributed by atoms with van der Waals surface area (Å²) in [5, 5.41) is 4.54. The van der Waals surface area contributed by atoms with Crippen molar-refractivity contribution in [3.63, 3.8) is 0 Å². The molecule has 0 saturated heterocycles. The van der Waals surface area contributed by atoms with Gasteiger partial charge >= 0.3 is 0 Å². The number of furan rings is 1. The van der Waals surface area contributed by atoms with Gasteiger partial charge in [-0.2, -0.15) is 0 Å². The highest BCUT2D eigenvalue weighted by atomic mass is 32.2. The third-order valence-corrected chi connectivity index (χ3v) is 5.30. The molecule has 0 aliphatic heterocycles. The van der Waals surface area contributed by atoms with E-state index >= 15 is 0 Å². The van der Waals surface area contributed by atoms with Gasteiger partial charge in [0.2, 0.25) is 5.91 Å². The molecule has 1 amide bonds. The summed E-state index contributed by atoms with van der Waals surface area (Å²) in [5.41, 5.74) is 1.54. The van der Waals surface area contributed by atoms with Gasteiger partial charge in [0.05, 0.1) is 5.75 Å². The summed E-state index contributed by atoms with van der Waals surface area (Å²) in [4.78, 5) is 20.9. The maximum Gasteiger partial charge on any atom is 0.231 e. The van der Waals surface area contributed by atoms with Gasteiger partial charge < -0.3 is 9.73 Å². The SMILES string of the molecule is C#CC(CC)(CC)NC(=O)CSc1ncnc2c1oc1ccccc12. The van der Waals surface area contributed by atoms with Crippen molar-refractivity contribution in [2.24, 2.45) is 0 Å². The molecule has 0 saturated carbocycles. The number of rotatable bonds is 6. The van der Waals surface area contributed by atoms with Crippen LogP contribution in [-0.4, -0.2) is 27.2 Å². The minimum atomic E-state index is -0.585.